The van der Waals surface area contributed by atoms with Crippen molar-refractivity contribution in [2.75, 3.05) is 13.2 Å². The maximum atomic E-state index is 10.5. The number of rotatable bonds is 8. The molecule has 3 aromatic carbocycles. The highest BCUT2D eigenvalue weighted by Gasteiger charge is 2.20. The lowest BCUT2D eigenvalue weighted by Gasteiger charge is -2.18. The number of hydrogen-bond acceptors (Lipinski definition) is 5. The quantitative estimate of drug-likeness (QED) is 0.233. The summed E-state index contributed by atoms with van der Waals surface area (Å²) in [5, 5.41) is 12.0. The molecular formula is C31H27ClN2O3. The van der Waals surface area contributed by atoms with Gasteiger partial charge < -0.3 is 14.6 Å². The van der Waals surface area contributed by atoms with Crippen molar-refractivity contribution >= 4 is 22.5 Å². The van der Waals surface area contributed by atoms with Gasteiger partial charge in [-0.1, -0.05) is 54.1 Å². The van der Waals surface area contributed by atoms with E-state index in [9.17, 15) is 5.11 Å². The summed E-state index contributed by atoms with van der Waals surface area (Å²) >= 11 is 6.91. The van der Waals surface area contributed by atoms with Gasteiger partial charge >= 0.3 is 0 Å². The molecule has 0 aliphatic rings. The van der Waals surface area contributed by atoms with Crippen LogP contribution in [0, 0.1) is 0 Å². The Kier molecular flexibility index (Phi) is 7.35. The number of para-hydroxylation sites is 1. The molecule has 0 aliphatic heterocycles. The maximum Gasteiger partial charge on any atom is 0.170 e. The van der Waals surface area contributed by atoms with Crippen LogP contribution < -0.4 is 9.47 Å². The summed E-state index contributed by atoms with van der Waals surface area (Å²) in [7, 11) is 0. The molecule has 37 heavy (non-hydrogen) atoms. The minimum Gasteiger partial charge on any atom is -0.490 e. The van der Waals surface area contributed by atoms with Crippen molar-refractivity contribution < 1.29 is 14.6 Å². The van der Waals surface area contributed by atoms with Crippen LogP contribution in [0.3, 0.4) is 0 Å². The van der Waals surface area contributed by atoms with Crippen LogP contribution in [-0.4, -0.2) is 28.3 Å². The van der Waals surface area contributed by atoms with Gasteiger partial charge in [0.05, 0.1) is 36.1 Å². The SMILES string of the molecule is CCOc1cccc(-c2nccc(-c3ccc4ncc(-c5ccccc5)c(Cl)c4c3)c2CO)c1OCC. The zero-order chi connectivity index (χ0) is 25.8. The number of halogens is 1. The number of benzene rings is 3. The lowest BCUT2D eigenvalue weighted by molar-refractivity contribution is 0.281. The Morgan fingerprint density at radius 1 is 0.784 bits per heavy atom. The van der Waals surface area contributed by atoms with E-state index in [0.29, 0.717) is 41.0 Å². The van der Waals surface area contributed by atoms with Crippen molar-refractivity contribution in [2.45, 2.75) is 20.5 Å². The predicted molar refractivity (Wildman–Crippen MR) is 149 cm³/mol. The number of hydrogen-bond donors (Lipinski definition) is 1. The molecule has 6 heteroatoms. The third-order valence-corrected chi connectivity index (χ3v) is 6.64. The minimum absolute atomic E-state index is 0.197. The fraction of sp³-hybridized carbons (Fsp3) is 0.161. The number of fused-ring (bicyclic) bond motifs is 1. The lowest BCUT2D eigenvalue weighted by Crippen LogP contribution is -2.03. The van der Waals surface area contributed by atoms with E-state index in [-0.39, 0.29) is 6.61 Å². The molecule has 0 radical (unpaired) electrons. The Morgan fingerprint density at radius 2 is 1.59 bits per heavy atom. The van der Waals surface area contributed by atoms with E-state index in [2.05, 4.69) is 9.97 Å². The van der Waals surface area contributed by atoms with E-state index in [0.717, 1.165) is 38.7 Å². The van der Waals surface area contributed by atoms with Crippen LogP contribution in [0.15, 0.2) is 85.2 Å². The summed E-state index contributed by atoms with van der Waals surface area (Å²) in [6, 6.07) is 23.6. The van der Waals surface area contributed by atoms with Gasteiger partial charge in [-0.2, -0.15) is 0 Å². The second-order valence-electron chi connectivity index (χ2n) is 8.43. The first kappa shape index (κ1) is 24.8. The van der Waals surface area contributed by atoms with Gasteiger partial charge in [0.1, 0.15) is 0 Å². The summed E-state index contributed by atoms with van der Waals surface area (Å²) in [6.07, 6.45) is 3.56. The number of aliphatic hydroxyl groups excluding tert-OH is 1. The normalized spacial score (nSPS) is 11.0. The first-order chi connectivity index (χ1) is 18.2. The van der Waals surface area contributed by atoms with E-state index in [1.54, 1.807) is 6.20 Å². The Morgan fingerprint density at radius 3 is 2.35 bits per heavy atom. The molecule has 5 nitrogen and oxygen atoms in total. The molecule has 0 unspecified atom stereocenters. The van der Waals surface area contributed by atoms with Crippen LogP contribution in [0.25, 0.3) is 44.4 Å². The highest BCUT2D eigenvalue weighted by molar-refractivity contribution is 6.38. The molecule has 0 saturated heterocycles. The highest BCUT2D eigenvalue weighted by atomic mass is 35.5. The van der Waals surface area contributed by atoms with E-state index >= 15 is 0 Å². The van der Waals surface area contributed by atoms with Crippen molar-refractivity contribution in [1.29, 1.82) is 0 Å². The third kappa shape index (κ3) is 4.76. The fourth-order valence-electron chi connectivity index (χ4n) is 4.57. The largest absolute Gasteiger partial charge is 0.490 e. The zero-order valence-electron chi connectivity index (χ0n) is 20.7. The Labute approximate surface area is 221 Å². The van der Waals surface area contributed by atoms with E-state index in [1.807, 2.05) is 92.8 Å². The first-order valence-electron chi connectivity index (χ1n) is 12.3. The molecular weight excluding hydrogens is 484 g/mol. The molecule has 5 aromatic rings. The average molecular weight is 511 g/mol. The molecule has 0 spiro atoms. The number of ether oxygens (including phenoxy) is 2. The lowest BCUT2D eigenvalue weighted by atomic mass is 9.94. The Hall–Kier alpha value is -3.93. The minimum atomic E-state index is -0.197. The van der Waals surface area contributed by atoms with Crippen molar-refractivity contribution in [1.82, 2.24) is 9.97 Å². The van der Waals surface area contributed by atoms with Gasteiger partial charge in [0.25, 0.3) is 0 Å². The molecule has 186 valence electrons. The third-order valence-electron chi connectivity index (χ3n) is 6.23. The van der Waals surface area contributed by atoms with Crippen LogP contribution in [0.4, 0.5) is 0 Å². The van der Waals surface area contributed by atoms with Crippen molar-refractivity contribution in [2.24, 2.45) is 0 Å². The molecule has 0 aliphatic carbocycles. The summed E-state index contributed by atoms with van der Waals surface area (Å²) in [4.78, 5) is 9.29. The van der Waals surface area contributed by atoms with Crippen LogP contribution in [-0.2, 0) is 6.61 Å². The predicted octanol–water partition coefficient (Wildman–Crippen LogP) is 7.57. The van der Waals surface area contributed by atoms with Gasteiger partial charge in [-0.3, -0.25) is 9.97 Å². The number of aliphatic hydroxyl groups is 1. The fourth-order valence-corrected chi connectivity index (χ4v) is 4.88. The van der Waals surface area contributed by atoms with Gasteiger partial charge in [0.2, 0.25) is 0 Å². The van der Waals surface area contributed by atoms with E-state index < -0.39 is 0 Å². The van der Waals surface area contributed by atoms with E-state index in [4.69, 9.17) is 21.1 Å². The van der Waals surface area contributed by atoms with Crippen LogP contribution >= 0.6 is 11.6 Å². The van der Waals surface area contributed by atoms with Crippen LogP contribution in [0.5, 0.6) is 11.5 Å². The Balaban J connectivity index is 1.67. The second-order valence-corrected chi connectivity index (χ2v) is 8.80. The Bertz CT molecular complexity index is 1550. The van der Waals surface area contributed by atoms with Crippen molar-refractivity contribution in [3.8, 4) is 45.0 Å². The van der Waals surface area contributed by atoms with Gasteiger partial charge in [0, 0.05) is 34.5 Å². The number of pyridine rings is 2. The molecule has 0 fully saturated rings. The zero-order valence-corrected chi connectivity index (χ0v) is 21.5. The molecule has 0 saturated carbocycles. The monoisotopic (exact) mass is 510 g/mol. The van der Waals surface area contributed by atoms with Gasteiger partial charge in [-0.15, -0.1) is 0 Å². The van der Waals surface area contributed by atoms with Crippen molar-refractivity contribution in [3.05, 3.63) is 95.8 Å². The molecule has 5 rings (SSSR count). The molecule has 2 aromatic heterocycles. The van der Waals surface area contributed by atoms with Gasteiger partial charge in [-0.25, -0.2) is 0 Å². The maximum absolute atomic E-state index is 10.5. The summed E-state index contributed by atoms with van der Waals surface area (Å²) in [6.45, 7) is 4.66. The summed E-state index contributed by atoms with van der Waals surface area (Å²) in [5.74, 6) is 1.26. The molecule has 1 N–H and O–H groups in total. The molecule has 0 bridgehead atoms. The van der Waals surface area contributed by atoms with Gasteiger partial charge in [-0.05, 0) is 60.9 Å². The molecule has 2 heterocycles. The number of aromatic nitrogens is 2. The smallest absolute Gasteiger partial charge is 0.170 e. The standard InChI is InChI=1S/C31H27ClN2O3/c1-3-36-28-12-8-11-23(31(28)37-4-2)30-26(19-35)22(15-16-33-30)21-13-14-27-24(17-21)29(32)25(18-34-27)20-9-6-5-7-10-20/h5-18,35H,3-4,19H2,1-2H3. The topological polar surface area (TPSA) is 64.5 Å². The second kappa shape index (κ2) is 11.0. The number of nitrogens with zero attached hydrogens (tertiary/aromatic N) is 2. The highest BCUT2D eigenvalue weighted by Crippen LogP contribution is 2.42. The average Bonchev–Trinajstić information content (AvgIpc) is 2.94. The van der Waals surface area contributed by atoms with Crippen LogP contribution in [0.2, 0.25) is 5.02 Å². The summed E-state index contributed by atoms with van der Waals surface area (Å²) < 4.78 is 11.8. The van der Waals surface area contributed by atoms with Gasteiger partial charge in [0.15, 0.2) is 11.5 Å². The van der Waals surface area contributed by atoms with Crippen molar-refractivity contribution in [3.63, 3.8) is 0 Å². The van der Waals surface area contributed by atoms with Crippen LogP contribution in [0.1, 0.15) is 19.4 Å². The summed E-state index contributed by atoms with van der Waals surface area (Å²) in [5.41, 5.74) is 6.56. The molecule has 0 atom stereocenters. The van der Waals surface area contributed by atoms with E-state index in [1.165, 1.54) is 0 Å². The first-order valence-corrected chi connectivity index (χ1v) is 12.7. The molecule has 0 amide bonds.